The van der Waals surface area contributed by atoms with E-state index in [0.717, 1.165) is 0 Å². The zero-order chi connectivity index (χ0) is 9.68. The van der Waals surface area contributed by atoms with Crippen LogP contribution >= 0.6 is 11.6 Å². The second-order valence-corrected chi connectivity index (χ2v) is 2.53. The Morgan fingerprint density at radius 2 is 2.46 bits per heavy atom. The van der Waals surface area contributed by atoms with E-state index in [-0.39, 0.29) is 11.9 Å². The Labute approximate surface area is 80.7 Å². The lowest BCUT2D eigenvalue weighted by Crippen LogP contribution is -2.00. The molecule has 0 spiro atoms. The maximum absolute atomic E-state index is 8.56. The molecule has 1 aromatic rings. The maximum Gasteiger partial charge on any atom is 0.188 e. The molecule has 0 atom stereocenters. The van der Waals surface area contributed by atoms with Gasteiger partial charge in [0.05, 0.1) is 5.56 Å². The summed E-state index contributed by atoms with van der Waals surface area (Å²) in [6.07, 6.45) is 1.38. The number of aromatic nitrogens is 1. The summed E-state index contributed by atoms with van der Waals surface area (Å²) in [5.74, 6) is 0.350. The smallest absolute Gasteiger partial charge is 0.188 e. The lowest BCUT2D eigenvalue weighted by atomic mass is 10.3. The molecular formula is C8H7ClN2O2. The highest BCUT2D eigenvalue weighted by atomic mass is 35.5. The van der Waals surface area contributed by atoms with Crippen LogP contribution in [0, 0.1) is 11.3 Å². The Bertz CT molecular complexity index is 335. The van der Waals surface area contributed by atoms with Gasteiger partial charge in [0.25, 0.3) is 0 Å². The summed E-state index contributed by atoms with van der Waals surface area (Å²) in [7, 11) is 1.50. The SMILES string of the molecule is COCOc1cc(C#N)cnc1Cl. The first-order valence-corrected chi connectivity index (χ1v) is 3.83. The fourth-order valence-corrected chi connectivity index (χ4v) is 0.871. The van der Waals surface area contributed by atoms with E-state index in [2.05, 4.69) is 9.72 Å². The Kier molecular flexibility index (Phi) is 3.50. The van der Waals surface area contributed by atoms with Crippen molar-refractivity contribution in [3.8, 4) is 11.8 Å². The molecule has 0 aliphatic rings. The van der Waals surface area contributed by atoms with Crippen LogP contribution in [0.1, 0.15) is 5.56 Å². The summed E-state index contributed by atoms with van der Waals surface area (Å²) >= 11 is 5.69. The number of pyridine rings is 1. The van der Waals surface area contributed by atoms with Crippen LogP contribution in [-0.4, -0.2) is 18.9 Å². The third kappa shape index (κ3) is 2.58. The Balaban J connectivity index is 2.85. The summed E-state index contributed by atoms with van der Waals surface area (Å²) < 4.78 is 9.74. The average molecular weight is 199 g/mol. The minimum atomic E-state index is 0.0796. The van der Waals surface area contributed by atoms with Crippen LogP contribution in [0.4, 0.5) is 0 Å². The van der Waals surface area contributed by atoms with E-state index < -0.39 is 0 Å². The van der Waals surface area contributed by atoms with Gasteiger partial charge in [-0.2, -0.15) is 5.26 Å². The van der Waals surface area contributed by atoms with Gasteiger partial charge >= 0.3 is 0 Å². The van der Waals surface area contributed by atoms with E-state index in [1.165, 1.54) is 19.4 Å². The van der Waals surface area contributed by atoms with Crippen LogP contribution in [0.3, 0.4) is 0 Å². The molecule has 5 heteroatoms. The van der Waals surface area contributed by atoms with Gasteiger partial charge in [0.1, 0.15) is 6.07 Å². The molecule has 1 heterocycles. The predicted molar refractivity (Wildman–Crippen MR) is 46.5 cm³/mol. The van der Waals surface area contributed by atoms with Gasteiger partial charge < -0.3 is 9.47 Å². The molecule has 0 saturated heterocycles. The minimum absolute atomic E-state index is 0.0796. The largest absolute Gasteiger partial charge is 0.464 e. The van der Waals surface area contributed by atoms with Crippen molar-refractivity contribution in [1.82, 2.24) is 4.98 Å². The van der Waals surface area contributed by atoms with Crippen molar-refractivity contribution in [1.29, 1.82) is 5.26 Å². The van der Waals surface area contributed by atoms with Crippen molar-refractivity contribution in [3.05, 3.63) is 23.0 Å². The fourth-order valence-electron chi connectivity index (χ4n) is 0.713. The monoisotopic (exact) mass is 198 g/mol. The number of nitriles is 1. The van der Waals surface area contributed by atoms with Crippen molar-refractivity contribution < 1.29 is 9.47 Å². The molecule has 0 aliphatic heterocycles. The van der Waals surface area contributed by atoms with Gasteiger partial charge in [0.2, 0.25) is 0 Å². The van der Waals surface area contributed by atoms with Crippen molar-refractivity contribution in [3.63, 3.8) is 0 Å². The first kappa shape index (κ1) is 9.78. The molecule has 0 amide bonds. The molecule has 0 fully saturated rings. The molecule has 0 bridgehead atoms. The van der Waals surface area contributed by atoms with Crippen LogP contribution < -0.4 is 4.74 Å². The highest BCUT2D eigenvalue weighted by Crippen LogP contribution is 2.22. The minimum Gasteiger partial charge on any atom is -0.464 e. The quantitative estimate of drug-likeness (QED) is 0.547. The molecule has 1 aromatic heterocycles. The third-order valence-electron chi connectivity index (χ3n) is 1.27. The molecule has 0 aromatic carbocycles. The van der Waals surface area contributed by atoms with E-state index in [4.69, 9.17) is 21.6 Å². The summed E-state index contributed by atoms with van der Waals surface area (Å²) in [5, 5.41) is 8.78. The van der Waals surface area contributed by atoms with Crippen LogP contribution in [0.5, 0.6) is 5.75 Å². The van der Waals surface area contributed by atoms with Crippen LogP contribution in [0.15, 0.2) is 12.3 Å². The first-order chi connectivity index (χ1) is 6.27. The van der Waals surface area contributed by atoms with Crippen LogP contribution in [-0.2, 0) is 4.74 Å². The molecule has 68 valence electrons. The van der Waals surface area contributed by atoms with Crippen molar-refractivity contribution in [2.24, 2.45) is 0 Å². The lowest BCUT2D eigenvalue weighted by Gasteiger charge is -2.05. The summed E-state index contributed by atoms with van der Waals surface area (Å²) in [4.78, 5) is 3.77. The molecule has 0 N–H and O–H groups in total. The molecule has 0 unspecified atom stereocenters. The molecule has 1 rings (SSSR count). The van der Waals surface area contributed by atoms with Crippen LogP contribution in [0.25, 0.3) is 0 Å². The van der Waals surface area contributed by atoms with Crippen molar-refractivity contribution >= 4 is 11.6 Å². The first-order valence-electron chi connectivity index (χ1n) is 3.45. The molecule has 13 heavy (non-hydrogen) atoms. The number of ether oxygens (including phenoxy) is 2. The molecular weight excluding hydrogens is 192 g/mol. The number of nitrogens with zero attached hydrogens (tertiary/aromatic N) is 2. The van der Waals surface area contributed by atoms with E-state index in [9.17, 15) is 0 Å². The standard InChI is InChI=1S/C8H7ClN2O2/c1-12-5-13-7-2-6(3-10)4-11-8(7)9/h2,4H,5H2,1H3. The molecule has 0 saturated carbocycles. The summed E-state index contributed by atoms with van der Waals surface area (Å²) in [6, 6.07) is 3.44. The van der Waals surface area contributed by atoms with Gasteiger partial charge in [-0.3, -0.25) is 0 Å². The highest BCUT2D eigenvalue weighted by Gasteiger charge is 2.03. The molecule has 0 aliphatic carbocycles. The van der Waals surface area contributed by atoms with Gasteiger partial charge in [-0.1, -0.05) is 11.6 Å². The highest BCUT2D eigenvalue weighted by molar-refractivity contribution is 6.30. The second kappa shape index (κ2) is 4.65. The normalized spacial score (nSPS) is 9.31. The van der Waals surface area contributed by atoms with Gasteiger partial charge in [-0.05, 0) is 0 Å². The van der Waals surface area contributed by atoms with Gasteiger partial charge in [0.15, 0.2) is 17.7 Å². The van der Waals surface area contributed by atoms with Gasteiger partial charge in [-0.25, -0.2) is 4.98 Å². The topological polar surface area (TPSA) is 55.1 Å². The Hall–Kier alpha value is -1.31. The number of methoxy groups -OCH3 is 1. The predicted octanol–water partition coefficient (Wildman–Crippen LogP) is 1.59. The number of hydrogen-bond acceptors (Lipinski definition) is 4. The maximum atomic E-state index is 8.56. The van der Waals surface area contributed by atoms with E-state index in [1.54, 1.807) is 0 Å². The van der Waals surface area contributed by atoms with E-state index in [0.29, 0.717) is 11.3 Å². The summed E-state index contributed by atoms with van der Waals surface area (Å²) in [6.45, 7) is 0.0796. The van der Waals surface area contributed by atoms with E-state index >= 15 is 0 Å². The third-order valence-corrected chi connectivity index (χ3v) is 1.55. The summed E-state index contributed by atoms with van der Waals surface area (Å²) in [5.41, 5.74) is 0.399. The molecule has 0 radical (unpaired) electrons. The Morgan fingerprint density at radius 3 is 3.08 bits per heavy atom. The second-order valence-electron chi connectivity index (χ2n) is 2.18. The van der Waals surface area contributed by atoms with Crippen molar-refractivity contribution in [2.75, 3.05) is 13.9 Å². The number of hydrogen-bond donors (Lipinski definition) is 0. The zero-order valence-electron chi connectivity index (χ0n) is 6.95. The average Bonchev–Trinajstić information content (AvgIpc) is 2.17. The number of rotatable bonds is 3. The van der Waals surface area contributed by atoms with E-state index in [1.807, 2.05) is 6.07 Å². The Morgan fingerprint density at radius 1 is 1.69 bits per heavy atom. The van der Waals surface area contributed by atoms with Crippen molar-refractivity contribution in [2.45, 2.75) is 0 Å². The van der Waals surface area contributed by atoms with Crippen LogP contribution in [0.2, 0.25) is 5.15 Å². The lowest BCUT2D eigenvalue weighted by molar-refractivity contribution is 0.0509. The fraction of sp³-hybridized carbons (Fsp3) is 0.250. The zero-order valence-corrected chi connectivity index (χ0v) is 7.71. The van der Waals surface area contributed by atoms with Gasteiger partial charge in [-0.15, -0.1) is 0 Å². The number of halogens is 1. The van der Waals surface area contributed by atoms with Gasteiger partial charge in [0, 0.05) is 19.4 Å². The molecule has 4 nitrogen and oxygen atoms in total.